The lowest BCUT2D eigenvalue weighted by Crippen LogP contribution is -2.11. The summed E-state index contributed by atoms with van der Waals surface area (Å²) in [5, 5.41) is 8.67. The van der Waals surface area contributed by atoms with Gasteiger partial charge in [0.05, 0.1) is 18.8 Å². The summed E-state index contributed by atoms with van der Waals surface area (Å²) in [5.74, 6) is 0. The highest BCUT2D eigenvalue weighted by Crippen LogP contribution is 2.12. The van der Waals surface area contributed by atoms with Crippen LogP contribution in [0.2, 0.25) is 0 Å². The maximum absolute atomic E-state index is 8.67. The third-order valence-corrected chi connectivity index (χ3v) is 2.18. The molecule has 1 heterocycles. The van der Waals surface area contributed by atoms with Crippen LogP contribution in [0.15, 0.2) is 18.7 Å². The van der Waals surface area contributed by atoms with Gasteiger partial charge >= 0.3 is 0 Å². The van der Waals surface area contributed by atoms with E-state index in [4.69, 9.17) is 10.00 Å². The van der Waals surface area contributed by atoms with Gasteiger partial charge in [0.15, 0.2) is 0 Å². The Kier molecular flexibility index (Phi) is 5.49. The van der Waals surface area contributed by atoms with Gasteiger partial charge in [-0.05, 0) is 6.42 Å². The number of hydrogen-bond donors (Lipinski definition) is 0. The molecule has 0 bridgehead atoms. The molecule has 1 unspecified atom stereocenters. The molecule has 1 aromatic heterocycles. The smallest absolute Gasteiger partial charge is 0.147 e. The Morgan fingerprint density at radius 1 is 1.53 bits per heavy atom. The Morgan fingerprint density at radius 2 is 2.40 bits per heavy atom. The van der Waals surface area contributed by atoms with E-state index in [1.54, 1.807) is 12.5 Å². The molecule has 0 aromatic carbocycles. The van der Waals surface area contributed by atoms with E-state index in [0.29, 0.717) is 13.0 Å². The van der Waals surface area contributed by atoms with Crippen LogP contribution in [0.1, 0.15) is 38.8 Å². The largest absolute Gasteiger partial charge is 0.357 e. The number of imidazole rings is 1. The second kappa shape index (κ2) is 7.02. The van der Waals surface area contributed by atoms with E-state index >= 15 is 0 Å². The van der Waals surface area contributed by atoms with Crippen molar-refractivity contribution >= 4 is 0 Å². The maximum atomic E-state index is 8.67. The normalized spacial score (nSPS) is 12.3. The SMILES string of the molecule is CCCCCOC(CC#N)n1ccnc1. The van der Waals surface area contributed by atoms with Crippen molar-refractivity contribution < 1.29 is 4.74 Å². The number of rotatable bonds is 7. The van der Waals surface area contributed by atoms with Gasteiger partial charge in [0.2, 0.25) is 0 Å². The fourth-order valence-electron chi connectivity index (χ4n) is 1.34. The number of hydrogen-bond acceptors (Lipinski definition) is 3. The molecule has 0 aliphatic rings. The van der Waals surface area contributed by atoms with Crippen LogP contribution >= 0.6 is 0 Å². The Morgan fingerprint density at radius 3 is 3.00 bits per heavy atom. The third-order valence-electron chi connectivity index (χ3n) is 2.18. The molecule has 1 rings (SSSR count). The summed E-state index contributed by atoms with van der Waals surface area (Å²) in [5.41, 5.74) is 0. The van der Waals surface area contributed by atoms with Gasteiger partial charge in [-0.3, -0.25) is 0 Å². The lowest BCUT2D eigenvalue weighted by molar-refractivity contribution is 0.00384. The first-order chi connectivity index (χ1) is 7.38. The quantitative estimate of drug-likeness (QED) is 0.645. The second-order valence-electron chi connectivity index (χ2n) is 3.40. The van der Waals surface area contributed by atoms with Crippen LogP contribution in [0.3, 0.4) is 0 Å². The van der Waals surface area contributed by atoms with Gasteiger partial charge in [-0.25, -0.2) is 4.98 Å². The van der Waals surface area contributed by atoms with E-state index in [1.807, 2.05) is 10.8 Å². The van der Waals surface area contributed by atoms with Crippen LogP contribution in [-0.4, -0.2) is 16.2 Å². The summed E-state index contributed by atoms with van der Waals surface area (Å²) in [6.07, 6.45) is 8.77. The fourth-order valence-corrected chi connectivity index (χ4v) is 1.34. The van der Waals surface area contributed by atoms with Gasteiger partial charge in [-0.15, -0.1) is 0 Å². The average Bonchev–Trinajstić information content (AvgIpc) is 2.76. The fraction of sp³-hybridized carbons (Fsp3) is 0.636. The van der Waals surface area contributed by atoms with Crippen molar-refractivity contribution in [1.82, 2.24) is 9.55 Å². The minimum atomic E-state index is -0.186. The molecule has 0 spiro atoms. The van der Waals surface area contributed by atoms with Crippen molar-refractivity contribution in [2.24, 2.45) is 0 Å². The first kappa shape index (κ1) is 11.7. The lowest BCUT2D eigenvalue weighted by Gasteiger charge is -2.15. The zero-order valence-corrected chi connectivity index (χ0v) is 9.09. The van der Waals surface area contributed by atoms with E-state index in [0.717, 1.165) is 6.42 Å². The van der Waals surface area contributed by atoms with Crippen LogP contribution < -0.4 is 0 Å². The summed E-state index contributed by atoms with van der Waals surface area (Å²) in [4.78, 5) is 3.94. The maximum Gasteiger partial charge on any atom is 0.147 e. The van der Waals surface area contributed by atoms with Crippen molar-refractivity contribution in [3.8, 4) is 6.07 Å². The van der Waals surface area contributed by atoms with E-state index in [2.05, 4.69) is 18.0 Å². The van der Waals surface area contributed by atoms with Gasteiger partial charge in [0.1, 0.15) is 6.23 Å². The van der Waals surface area contributed by atoms with Gasteiger partial charge in [-0.2, -0.15) is 5.26 Å². The third kappa shape index (κ3) is 4.13. The van der Waals surface area contributed by atoms with E-state index < -0.39 is 0 Å². The van der Waals surface area contributed by atoms with E-state index in [-0.39, 0.29) is 6.23 Å². The second-order valence-corrected chi connectivity index (χ2v) is 3.40. The van der Waals surface area contributed by atoms with Crippen LogP contribution in [0.25, 0.3) is 0 Å². The predicted molar refractivity (Wildman–Crippen MR) is 57.0 cm³/mol. The average molecular weight is 207 g/mol. The molecule has 1 aromatic rings. The number of nitriles is 1. The molecule has 0 N–H and O–H groups in total. The molecule has 0 saturated heterocycles. The van der Waals surface area contributed by atoms with Crippen molar-refractivity contribution in [1.29, 1.82) is 5.26 Å². The molecular weight excluding hydrogens is 190 g/mol. The Labute approximate surface area is 90.5 Å². The summed E-state index contributed by atoms with van der Waals surface area (Å²) in [7, 11) is 0. The zero-order chi connectivity index (χ0) is 10.9. The standard InChI is InChI=1S/C11H17N3O/c1-2-3-4-9-15-11(5-6-12)14-8-7-13-10-14/h7-8,10-11H,2-5,9H2,1H3. The molecule has 82 valence electrons. The first-order valence-electron chi connectivity index (χ1n) is 5.34. The van der Waals surface area contributed by atoms with Crippen LogP contribution in [0.4, 0.5) is 0 Å². The van der Waals surface area contributed by atoms with Gasteiger partial charge in [0, 0.05) is 19.0 Å². The molecule has 0 amide bonds. The number of ether oxygens (including phenoxy) is 1. The Balaban J connectivity index is 2.35. The molecule has 0 aliphatic heterocycles. The molecule has 4 nitrogen and oxygen atoms in total. The van der Waals surface area contributed by atoms with Crippen LogP contribution in [0, 0.1) is 11.3 Å². The number of unbranched alkanes of at least 4 members (excludes halogenated alkanes) is 2. The highest BCUT2D eigenvalue weighted by Gasteiger charge is 2.09. The summed E-state index contributed by atoms with van der Waals surface area (Å²) in [6, 6.07) is 2.12. The van der Waals surface area contributed by atoms with Crippen molar-refractivity contribution in [2.75, 3.05) is 6.61 Å². The summed E-state index contributed by atoms with van der Waals surface area (Å²) >= 11 is 0. The molecule has 0 radical (unpaired) electrons. The van der Waals surface area contributed by atoms with Crippen LogP contribution in [-0.2, 0) is 4.74 Å². The zero-order valence-electron chi connectivity index (χ0n) is 9.09. The Bertz CT molecular complexity index is 289. The molecule has 0 saturated carbocycles. The van der Waals surface area contributed by atoms with Crippen molar-refractivity contribution in [2.45, 2.75) is 38.8 Å². The number of nitrogens with zero attached hydrogens (tertiary/aromatic N) is 3. The molecular formula is C11H17N3O. The topological polar surface area (TPSA) is 50.8 Å². The van der Waals surface area contributed by atoms with E-state index in [1.165, 1.54) is 12.8 Å². The lowest BCUT2D eigenvalue weighted by atomic mass is 10.3. The molecule has 0 fully saturated rings. The van der Waals surface area contributed by atoms with Gasteiger partial charge in [-0.1, -0.05) is 19.8 Å². The van der Waals surface area contributed by atoms with E-state index in [9.17, 15) is 0 Å². The minimum Gasteiger partial charge on any atom is -0.357 e. The first-order valence-corrected chi connectivity index (χ1v) is 5.34. The Hall–Kier alpha value is -1.34. The van der Waals surface area contributed by atoms with Crippen molar-refractivity contribution in [3.63, 3.8) is 0 Å². The van der Waals surface area contributed by atoms with Crippen LogP contribution in [0.5, 0.6) is 0 Å². The minimum absolute atomic E-state index is 0.186. The molecule has 0 aliphatic carbocycles. The highest BCUT2D eigenvalue weighted by molar-refractivity contribution is 4.82. The molecule has 4 heteroatoms. The summed E-state index contributed by atoms with van der Waals surface area (Å²) in [6.45, 7) is 2.86. The summed E-state index contributed by atoms with van der Waals surface area (Å²) < 4.78 is 7.46. The number of aromatic nitrogens is 2. The van der Waals surface area contributed by atoms with Gasteiger partial charge in [0.25, 0.3) is 0 Å². The molecule has 1 atom stereocenters. The predicted octanol–water partition coefficient (Wildman–Crippen LogP) is 2.50. The van der Waals surface area contributed by atoms with Gasteiger partial charge < -0.3 is 9.30 Å². The monoisotopic (exact) mass is 207 g/mol. The molecule has 15 heavy (non-hydrogen) atoms. The highest BCUT2D eigenvalue weighted by atomic mass is 16.5. The van der Waals surface area contributed by atoms with Crippen molar-refractivity contribution in [3.05, 3.63) is 18.7 Å².